The number of carbonyl (C=O) groups excluding carboxylic acids is 1. The molecule has 0 fully saturated rings. The second kappa shape index (κ2) is 2.91. The summed E-state index contributed by atoms with van der Waals surface area (Å²) >= 11 is 0. The van der Waals surface area contributed by atoms with Crippen molar-refractivity contribution in [1.29, 1.82) is 0 Å². The van der Waals surface area contributed by atoms with Gasteiger partial charge in [-0.25, -0.2) is 0 Å². The molecule has 4 heteroatoms. The second-order valence-corrected chi connectivity index (χ2v) is 4.23. The number of hydrogen-bond donors (Lipinski definition) is 0. The Balaban J connectivity index is 2.16. The Bertz CT molecular complexity index is 673. The molecule has 4 rings (SSSR count). The van der Waals surface area contributed by atoms with E-state index < -0.39 is 0 Å². The predicted octanol–water partition coefficient (Wildman–Crippen LogP) is 2.03. The lowest BCUT2D eigenvalue weighted by Crippen LogP contribution is -2.25. The van der Waals surface area contributed by atoms with Gasteiger partial charge in [0.2, 0.25) is 0 Å². The highest BCUT2D eigenvalue weighted by atomic mass is 16.5. The fraction of sp³-hybridized carbons (Fsp3) is 0.154. The van der Waals surface area contributed by atoms with Crippen molar-refractivity contribution in [2.24, 2.45) is 5.92 Å². The van der Waals surface area contributed by atoms with Crippen LogP contribution in [0.4, 0.5) is 0 Å². The van der Waals surface area contributed by atoms with Crippen molar-refractivity contribution in [3.05, 3.63) is 48.3 Å². The number of ketones is 1. The third kappa shape index (κ3) is 0.996. The van der Waals surface area contributed by atoms with Gasteiger partial charge in [-0.2, -0.15) is 0 Å². The van der Waals surface area contributed by atoms with Crippen molar-refractivity contribution in [3.63, 3.8) is 0 Å². The molecular weight excluding hydrogens is 216 g/mol. The van der Waals surface area contributed by atoms with Crippen molar-refractivity contribution < 1.29 is 9.53 Å². The molecule has 3 heterocycles. The SMILES string of the molecule is O=C1c2nccc3ccnc(c23)C2OC=CC12. The summed E-state index contributed by atoms with van der Waals surface area (Å²) in [6, 6.07) is 3.78. The fourth-order valence-electron chi connectivity index (χ4n) is 2.57. The van der Waals surface area contributed by atoms with Gasteiger partial charge in [0.25, 0.3) is 0 Å². The lowest BCUT2D eigenvalue weighted by molar-refractivity contribution is 0.0774. The van der Waals surface area contributed by atoms with Gasteiger partial charge in [0, 0.05) is 17.8 Å². The first-order valence-electron chi connectivity index (χ1n) is 5.46. The van der Waals surface area contributed by atoms with E-state index in [0.717, 1.165) is 16.5 Å². The van der Waals surface area contributed by atoms with E-state index in [1.807, 2.05) is 12.1 Å². The number of nitrogens with zero attached hydrogens (tertiary/aromatic N) is 2. The smallest absolute Gasteiger partial charge is 0.192 e. The van der Waals surface area contributed by atoms with Crippen molar-refractivity contribution >= 4 is 16.6 Å². The van der Waals surface area contributed by atoms with Gasteiger partial charge in [-0.3, -0.25) is 14.8 Å². The summed E-state index contributed by atoms with van der Waals surface area (Å²) < 4.78 is 5.48. The summed E-state index contributed by atoms with van der Waals surface area (Å²) in [5.74, 6) is -0.245. The number of rotatable bonds is 0. The molecule has 0 spiro atoms. The molecule has 17 heavy (non-hydrogen) atoms. The first-order valence-corrected chi connectivity index (χ1v) is 5.46. The van der Waals surface area contributed by atoms with Crippen LogP contribution in [0.2, 0.25) is 0 Å². The number of hydrogen-bond acceptors (Lipinski definition) is 4. The molecule has 0 amide bonds. The van der Waals surface area contributed by atoms with Gasteiger partial charge in [0.15, 0.2) is 11.9 Å². The summed E-state index contributed by atoms with van der Waals surface area (Å²) in [6.07, 6.45) is 6.50. The lowest BCUT2D eigenvalue weighted by atomic mass is 9.85. The maximum atomic E-state index is 12.3. The number of Topliss-reactive ketones (excluding diaryl/α,β-unsaturated/α-hetero) is 1. The van der Waals surface area contributed by atoms with Crippen LogP contribution >= 0.6 is 0 Å². The Morgan fingerprint density at radius 2 is 2.00 bits per heavy atom. The molecule has 1 aliphatic carbocycles. The van der Waals surface area contributed by atoms with E-state index in [4.69, 9.17) is 4.74 Å². The third-order valence-electron chi connectivity index (χ3n) is 3.35. The molecule has 2 aromatic rings. The Kier molecular flexibility index (Phi) is 1.52. The Hall–Kier alpha value is -2.23. The normalized spacial score (nSPS) is 24.8. The Labute approximate surface area is 97.0 Å². The van der Waals surface area contributed by atoms with Gasteiger partial charge in [-0.1, -0.05) is 0 Å². The highest BCUT2D eigenvalue weighted by Gasteiger charge is 2.40. The number of carbonyl (C=O) groups is 1. The van der Waals surface area contributed by atoms with Crippen molar-refractivity contribution in [2.45, 2.75) is 6.10 Å². The van der Waals surface area contributed by atoms with E-state index in [1.165, 1.54) is 0 Å². The predicted molar refractivity (Wildman–Crippen MR) is 60.3 cm³/mol. The van der Waals surface area contributed by atoms with Crippen molar-refractivity contribution in [2.75, 3.05) is 0 Å². The topological polar surface area (TPSA) is 52.1 Å². The van der Waals surface area contributed by atoms with Gasteiger partial charge in [-0.05, 0) is 23.6 Å². The standard InChI is InChI=1S/C13H8N2O2/c16-12-8-3-6-17-13(8)11-9-7(2-5-15-11)1-4-14-10(9)12/h1-6,8,13H. The number of fused-ring (bicyclic) bond motifs is 2. The van der Waals surface area contributed by atoms with Crippen LogP contribution in [-0.4, -0.2) is 15.8 Å². The maximum absolute atomic E-state index is 12.3. The molecule has 1 aliphatic heterocycles. The van der Waals surface area contributed by atoms with Crippen LogP contribution in [0.3, 0.4) is 0 Å². The fourth-order valence-corrected chi connectivity index (χ4v) is 2.57. The average Bonchev–Trinajstić information content (AvgIpc) is 2.85. The van der Waals surface area contributed by atoms with Gasteiger partial charge in [0.1, 0.15) is 5.69 Å². The average molecular weight is 224 g/mol. The Morgan fingerprint density at radius 3 is 2.88 bits per heavy atom. The van der Waals surface area contributed by atoms with Gasteiger partial charge >= 0.3 is 0 Å². The zero-order valence-corrected chi connectivity index (χ0v) is 8.83. The number of pyridine rings is 2. The molecule has 0 radical (unpaired) electrons. The molecule has 2 unspecified atom stereocenters. The third-order valence-corrected chi connectivity index (χ3v) is 3.35. The van der Waals surface area contributed by atoms with Crippen LogP contribution in [0.15, 0.2) is 36.9 Å². The summed E-state index contributed by atoms with van der Waals surface area (Å²) in [6.45, 7) is 0. The van der Waals surface area contributed by atoms with Crippen molar-refractivity contribution in [3.8, 4) is 0 Å². The zero-order valence-electron chi connectivity index (χ0n) is 8.83. The monoisotopic (exact) mass is 224 g/mol. The van der Waals surface area contributed by atoms with Crippen LogP contribution in [0.25, 0.3) is 10.8 Å². The largest absolute Gasteiger partial charge is 0.491 e. The van der Waals surface area contributed by atoms with E-state index in [2.05, 4.69) is 9.97 Å². The van der Waals surface area contributed by atoms with Crippen LogP contribution < -0.4 is 0 Å². The first-order chi connectivity index (χ1) is 8.36. The minimum absolute atomic E-state index is 0.0230. The lowest BCUT2D eigenvalue weighted by Gasteiger charge is -2.24. The molecule has 0 saturated carbocycles. The number of ether oxygens (including phenoxy) is 1. The van der Waals surface area contributed by atoms with E-state index in [1.54, 1.807) is 24.7 Å². The van der Waals surface area contributed by atoms with Gasteiger partial charge < -0.3 is 4.74 Å². The van der Waals surface area contributed by atoms with E-state index in [9.17, 15) is 4.79 Å². The maximum Gasteiger partial charge on any atom is 0.192 e. The molecule has 0 saturated heterocycles. The summed E-state index contributed by atoms with van der Waals surface area (Å²) in [4.78, 5) is 20.8. The molecule has 0 N–H and O–H groups in total. The minimum Gasteiger partial charge on any atom is -0.491 e. The minimum atomic E-state index is -0.275. The molecule has 2 atom stereocenters. The van der Waals surface area contributed by atoms with Crippen LogP contribution in [0.5, 0.6) is 0 Å². The van der Waals surface area contributed by atoms with Crippen LogP contribution in [-0.2, 0) is 4.74 Å². The molecule has 2 aliphatic rings. The highest BCUT2D eigenvalue weighted by Crippen LogP contribution is 2.41. The molecule has 2 aromatic heterocycles. The number of aromatic nitrogens is 2. The quantitative estimate of drug-likeness (QED) is 0.687. The van der Waals surface area contributed by atoms with Gasteiger partial charge in [-0.15, -0.1) is 0 Å². The van der Waals surface area contributed by atoms with E-state index >= 15 is 0 Å². The zero-order chi connectivity index (χ0) is 11.4. The van der Waals surface area contributed by atoms with Crippen molar-refractivity contribution in [1.82, 2.24) is 9.97 Å². The van der Waals surface area contributed by atoms with Gasteiger partial charge in [0.05, 0.1) is 17.9 Å². The van der Waals surface area contributed by atoms with E-state index in [-0.39, 0.29) is 17.8 Å². The molecule has 0 bridgehead atoms. The molecular formula is C13H8N2O2. The molecule has 0 aromatic carbocycles. The Morgan fingerprint density at radius 1 is 1.18 bits per heavy atom. The first kappa shape index (κ1) is 8.87. The second-order valence-electron chi connectivity index (χ2n) is 4.23. The van der Waals surface area contributed by atoms with Crippen LogP contribution in [0, 0.1) is 5.92 Å². The van der Waals surface area contributed by atoms with Crippen LogP contribution in [0.1, 0.15) is 22.3 Å². The molecule has 82 valence electrons. The highest BCUT2D eigenvalue weighted by molar-refractivity contribution is 6.11. The summed E-state index contributed by atoms with van der Waals surface area (Å²) in [5.41, 5.74) is 1.34. The summed E-state index contributed by atoms with van der Waals surface area (Å²) in [5, 5.41) is 1.83. The summed E-state index contributed by atoms with van der Waals surface area (Å²) in [7, 11) is 0. The molecule has 4 nitrogen and oxygen atoms in total. The van der Waals surface area contributed by atoms with E-state index in [0.29, 0.717) is 5.69 Å².